The average Bonchev–Trinajstić information content (AvgIpc) is 3.04. The summed E-state index contributed by atoms with van der Waals surface area (Å²) in [5.74, 6) is -0.140. The van der Waals surface area contributed by atoms with E-state index in [9.17, 15) is 4.79 Å². The Morgan fingerprint density at radius 1 is 1.08 bits per heavy atom. The van der Waals surface area contributed by atoms with E-state index in [2.05, 4.69) is 15.6 Å². The van der Waals surface area contributed by atoms with Crippen molar-refractivity contribution < 1.29 is 9.90 Å². The zero-order chi connectivity index (χ0) is 16.8. The Morgan fingerprint density at radius 2 is 1.83 bits per heavy atom. The summed E-state index contributed by atoms with van der Waals surface area (Å²) in [6.07, 6.45) is 2.31. The molecule has 0 aliphatic carbocycles. The number of nitrogens with zero attached hydrogens (tertiary/aromatic N) is 3. The monoisotopic (exact) mass is 322 g/mol. The number of carbonyl (C=O) groups excluding carboxylic acids is 1. The topological polar surface area (TPSA) is 80.0 Å². The van der Waals surface area contributed by atoms with Gasteiger partial charge in [0.25, 0.3) is 5.91 Å². The van der Waals surface area contributed by atoms with Gasteiger partial charge in [-0.3, -0.25) is 4.79 Å². The standard InChI is InChI=1S/C18H18N4O2/c23-11-10-17-13-22(21-20-17)12-14-6-8-15(9-7-14)18(24)19-16-4-2-1-3-5-16/h1-9,13,23H,10-12H2,(H,19,24). The lowest BCUT2D eigenvalue weighted by Crippen LogP contribution is -2.11. The lowest BCUT2D eigenvalue weighted by atomic mass is 10.1. The van der Waals surface area contributed by atoms with Crippen LogP contribution in [0.25, 0.3) is 0 Å². The van der Waals surface area contributed by atoms with E-state index in [4.69, 9.17) is 5.11 Å². The number of benzene rings is 2. The molecule has 1 amide bonds. The average molecular weight is 322 g/mol. The maximum absolute atomic E-state index is 12.2. The van der Waals surface area contributed by atoms with E-state index in [1.165, 1.54) is 0 Å². The van der Waals surface area contributed by atoms with Gasteiger partial charge in [0, 0.05) is 30.5 Å². The van der Waals surface area contributed by atoms with Crippen LogP contribution in [0.2, 0.25) is 0 Å². The first-order chi connectivity index (χ1) is 11.7. The van der Waals surface area contributed by atoms with E-state index >= 15 is 0 Å². The van der Waals surface area contributed by atoms with Gasteiger partial charge in [0.15, 0.2) is 0 Å². The van der Waals surface area contributed by atoms with E-state index in [-0.39, 0.29) is 12.5 Å². The minimum Gasteiger partial charge on any atom is -0.396 e. The Bertz CT molecular complexity index is 797. The number of rotatable bonds is 6. The molecule has 0 aliphatic rings. The molecule has 0 radical (unpaired) electrons. The number of hydrogen-bond acceptors (Lipinski definition) is 4. The van der Waals surface area contributed by atoms with Crippen LogP contribution in [0.3, 0.4) is 0 Å². The van der Waals surface area contributed by atoms with E-state index in [1.54, 1.807) is 16.8 Å². The first-order valence-electron chi connectivity index (χ1n) is 7.70. The molecule has 0 bridgehead atoms. The first kappa shape index (κ1) is 15.9. The Kier molecular flexibility index (Phi) is 4.98. The van der Waals surface area contributed by atoms with Crippen LogP contribution < -0.4 is 5.32 Å². The number of nitrogens with one attached hydrogen (secondary N) is 1. The Hall–Kier alpha value is -2.99. The molecule has 6 heteroatoms. The van der Waals surface area contributed by atoms with E-state index in [0.29, 0.717) is 18.5 Å². The van der Waals surface area contributed by atoms with E-state index < -0.39 is 0 Å². The maximum atomic E-state index is 12.2. The SMILES string of the molecule is O=C(Nc1ccccc1)c1ccc(Cn2cc(CCO)nn2)cc1. The molecule has 3 aromatic rings. The number of para-hydroxylation sites is 1. The summed E-state index contributed by atoms with van der Waals surface area (Å²) in [5.41, 5.74) is 3.15. The van der Waals surface area contributed by atoms with Gasteiger partial charge >= 0.3 is 0 Å². The van der Waals surface area contributed by atoms with Crippen LogP contribution in [0.1, 0.15) is 21.6 Å². The van der Waals surface area contributed by atoms with Crippen molar-refractivity contribution >= 4 is 11.6 Å². The number of aliphatic hydroxyl groups excluding tert-OH is 1. The van der Waals surface area contributed by atoms with Crippen molar-refractivity contribution in [2.45, 2.75) is 13.0 Å². The summed E-state index contributed by atoms with van der Waals surface area (Å²) in [6.45, 7) is 0.628. The molecule has 1 heterocycles. The summed E-state index contributed by atoms with van der Waals surface area (Å²) in [7, 11) is 0. The zero-order valence-corrected chi connectivity index (χ0v) is 13.1. The summed E-state index contributed by atoms with van der Waals surface area (Å²) < 4.78 is 1.71. The van der Waals surface area contributed by atoms with Gasteiger partial charge in [0.05, 0.1) is 12.2 Å². The second-order valence-corrected chi connectivity index (χ2v) is 5.40. The third-order valence-electron chi connectivity index (χ3n) is 3.55. The van der Waals surface area contributed by atoms with Gasteiger partial charge in [0.1, 0.15) is 0 Å². The van der Waals surface area contributed by atoms with E-state index in [0.717, 1.165) is 16.9 Å². The Balaban J connectivity index is 1.63. The molecular weight excluding hydrogens is 304 g/mol. The van der Waals surface area contributed by atoms with Crippen molar-refractivity contribution in [1.82, 2.24) is 15.0 Å². The second kappa shape index (κ2) is 7.52. The second-order valence-electron chi connectivity index (χ2n) is 5.40. The highest BCUT2D eigenvalue weighted by molar-refractivity contribution is 6.04. The molecule has 1 aromatic heterocycles. The number of hydrogen-bond donors (Lipinski definition) is 2. The van der Waals surface area contributed by atoms with Gasteiger partial charge in [-0.2, -0.15) is 0 Å². The van der Waals surface area contributed by atoms with E-state index in [1.807, 2.05) is 48.7 Å². The highest BCUT2D eigenvalue weighted by atomic mass is 16.3. The molecule has 2 aromatic carbocycles. The van der Waals surface area contributed by atoms with Crippen LogP contribution in [0.15, 0.2) is 60.8 Å². The highest BCUT2D eigenvalue weighted by Crippen LogP contribution is 2.11. The third kappa shape index (κ3) is 4.05. The number of carbonyl (C=O) groups is 1. The van der Waals surface area contributed by atoms with Crippen LogP contribution in [0.4, 0.5) is 5.69 Å². The van der Waals surface area contributed by atoms with Crippen LogP contribution >= 0.6 is 0 Å². The van der Waals surface area contributed by atoms with Gasteiger partial charge in [-0.05, 0) is 29.8 Å². The lowest BCUT2D eigenvalue weighted by molar-refractivity contribution is 0.102. The van der Waals surface area contributed by atoms with Gasteiger partial charge in [-0.15, -0.1) is 5.10 Å². The van der Waals surface area contributed by atoms with Crippen molar-refractivity contribution in [3.05, 3.63) is 77.6 Å². The van der Waals surface area contributed by atoms with Crippen molar-refractivity contribution in [3.8, 4) is 0 Å². The summed E-state index contributed by atoms with van der Waals surface area (Å²) in [5, 5.41) is 19.7. The van der Waals surface area contributed by atoms with Crippen molar-refractivity contribution in [2.75, 3.05) is 11.9 Å². The normalized spacial score (nSPS) is 10.5. The zero-order valence-electron chi connectivity index (χ0n) is 13.1. The molecule has 0 saturated carbocycles. The van der Waals surface area contributed by atoms with Crippen LogP contribution in [0, 0.1) is 0 Å². The van der Waals surface area contributed by atoms with Crippen LogP contribution in [0.5, 0.6) is 0 Å². The Morgan fingerprint density at radius 3 is 2.54 bits per heavy atom. The molecule has 0 saturated heterocycles. The lowest BCUT2D eigenvalue weighted by Gasteiger charge is -2.06. The molecule has 0 atom stereocenters. The largest absolute Gasteiger partial charge is 0.396 e. The first-order valence-corrected chi connectivity index (χ1v) is 7.70. The van der Waals surface area contributed by atoms with Crippen molar-refractivity contribution in [2.24, 2.45) is 0 Å². The predicted molar refractivity (Wildman–Crippen MR) is 90.8 cm³/mol. The molecule has 0 unspecified atom stereocenters. The van der Waals surface area contributed by atoms with Gasteiger partial charge < -0.3 is 10.4 Å². The molecule has 24 heavy (non-hydrogen) atoms. The predicted octanol–water partition coefficient (Wildman–Crippen LogP) is 2.11. The minimum absolute atomic E-state index is 0.0594. The Labute approximate surface area is 139 Å². The van der Waals surface area contributed by atoms with Gasteiger partial charge in [-0.25, -0.2) is 4.68 Å². The quantitative estimate of drug-likeness (QED) is 0.728. The molecule has 0 aliphatic heterocycles. The third-order valence-corrected chi connectivity index (χ3v) is 3.55. The fourth-order valence-corrected chi connectivity index (χ4v) is 2.32. The fourth-order valence-electron chi connectivity index (χ4n) is 2.32. The molecular formula is C18H18N4O2. The maximum Gasteiger partial charge on any atom is 0.255 e. The molecule has 6 nitrogen and oxygen atoms in total. The van der Waals surface area contributed by atoms with Crippen LogP contribution in [-0.2, 0) is 13.0 Å². The van der Waals surface area contributed by atoms with Gasteiger partial charge in [0.2, 0.25) is 0 Å². The minimum atomic E-state index is -0.140. The summed E-state index contributed by atoms with van der Waals surface area (Å²) >= 11 is 0. The smallest absolute Gasteiger partial charge is 0.255 e. The number of amides is 1. The molecule has 2 N–H and O–H groups in total. The molecule has 0 fully saturated rings. The number of anilines is 1. The number of aliphatic hydroxyl groups is 1. The summed E-state index contributed by atoms with van der Waals surface area (Å²) in [6, 6.07) is 16.7. The highest BCUT2D eigenvalue weighted by Gasteiger charge is 2.06. The molecule has 3 rings (SSSR count). The molecule has 0 spiro atoms. The van der Waals surface area contributed by atoms with Crippen LogP contribution in [-0.4, -0.2) is 32.6 Å². The number of aromatic nitrogens is 3. The summed E-state index contributed by atoms with van der Waals surface area (Å²) in [4.78, 5) is 12.2. The fraction of sp³-hybridized carbons (Fsp3) is 0.167. The van der Waals surface area contributed by atoms with Crippen molar-refractivity contribution in [1.29, 1.82) is 0 Å². The van der Waals surface area contributed by atoms with Crippen molar-refractivity contribution in [3.63, 3.8) is 0 Å². The van der Waals surface area contributed by atoms with Gasteiger partial charge in [-0.1, -0.05) is 35.5 Å². The molecule has 122 valence electrons.